The van der Waals surface area contributed by atoms with E-state index in [-0.39, 0.29) is 0 Å². The van der Waals surface area contributed by atoms with Crippen LogP contribution in [0.2, 0.25) is 0 Å². The van der Waals surface area contributed by atoms with Gasteiger partial charge in [0.15, 0.2) is 0 Å². The largest absolute Gasteiger partial charge is 0.329 e. The van der Waals surface area contributed by atoms with Crippen LogP contribution >= 0.6 is 0 Å². The van der Waals surface area contributed by atoms with Gasteiger partial charge >= 0.3 is 0 Å². The second-order valence-electron chi connectivity index (χ2n) is 5.32. The molecule has 2 atom stereocenters. The van der Waals surface area contributed by atoms with Crippen molar-refractivity contribution < 1.29 is 0 Å². The third-order valence-electron chi connectivity index (χ3n) is 3.83. The fourth-order valence-electron chi connectivity index (χ4n) is 2.88. The molecule has 0 bridgehead atoms. The van der Waals surface area contributed by atoms with Crippen molar-refractivity contribution in [3.05, 3.63) is 35.9 Å². The highest BCUT2D eigenvalue weighted by Crippen LogP contribution is 2.29. The van der Waals surface area contributed by atoms with E-state index in [9.17, 15) is 0 Å². The van der Waals surface area contributed by atoms with E-state index in [4.69, 9.17) is 5.73 Å². The van der Waals surface area contributed by atoms with Crippen LogP contribution in [0.4, 0.5) is 0 Å². The van der Waals surface area contributed by atoms with Gasteiger partial charge in [0, 0.05) is 25.7 Å². The normalized spacial score (nSPS) is 24.4. The molecule has 2 rings (SSSR count). The monoisotopic (exact) mass is 232 g/mol. The summed E-state index contributed by atoms with van der Waals surface area (Å²) in [5, 5.41) is 0. The predicted octanol–water partition coefficient (Wildman–Crippen LogP) is 2.64. The molecular formula is C15H24N2. The lowest BCUT2D eigenvalue weighted by Crippen LogP contribution is -2.36. The quantitative estimate of drug-likeness (QED) is 0.845. The second-order valence-corrected chi connectivity index (χ2v) is 5.32. The SMILES string of the molecule is CC1CCC(N(CCN)Cc2ccccc2)C1. The smallest absolute Gasteiger partial charge is 0.0237 e. The van der Waals surface area contributed by atoms with Crippen LogP contribution < -0.4 is 5.73 Å². The van der Waals surface area contributed by atoms with E-state index in [1.54, 1.807) is 0 Å². The van der Waals surface area contributed by atoms with E-state index < -0.39 is 0 Å². The van der Waals surface area contributed by atoms with E-state index in [0.29, 0.717) is 0 Å². The molecule has 0 spiro atoms. The Morgan fingerprint density at radius 3 is 2.59 bits per heavy atom. The van der Waals surface area contributed by atoms with E-state index in [1.165, 1.54) is 24.8 Å². The van der Waals surface area contributed by atoms with Gasteiger partial charge in [-0.3, -0.25) is 4.90 Å². The number of hydrogen-bond donors (Lipinski definition) is 1. The van der Waals surface area contributed by atoms with Crippen molar-refractivity contribution in [3.63, 3.8) is 0 Å². The van der Waals surface area contributed by atoms with E-state index in [2.05, 4.69) is 42.2 Å². The standard InChI is InChI=1S/C15H24N2/c1-13-7-8-15(11-13)17(10-9-16)12-14-5-3-2-4-6-14/h2-6,13,15H,7-12,16H2,1H3. The van der Waals surface area contributed by atoms with Crippen molar-refractivity contribution in [1.29, 1.82) is 0 Å². The lowest BCUT2D eigenvalue weighted by molar-refractivity contribution is 0.192. The summed E-state index contributed by atoms with van der Waals surface area (Å²) in [7, 11) is 0. The lowest BCUT2D eigenvalue weighted by atomic mass is 10.1. The van der Waals surface area contributed by atoms with Gasteiger partial charge in [-0.15, -0.1) is 0 Å². The van der Waals surface area contributed by atoms with Gasteiger partial charge in [-0.2, -0.15) is 0 Å². The Morgan fingerprint density at radius 1 is 1.24 bits per heavy atom. The summed E-state index contributed by atoms with van der Waals surface area (Å²) in [6, 6.07) is 11.5. The van der Waals surface area contributed by atoms with Crippen molar-refractivity contribution in [2.45, 2.75) is 38.8 Å². The van der Waals surface area contributed by atoms with Crippen LogP contribution in [0.25, 0.3) is 0 Å². The number of rotatable bonds is 5. The average molecular weight is 232 g/mol. The van der Waals surface area contributed by atoms with Crippen LogP contribution in [-0.4, -0.2) is 24.0 Å². The van der Waals surface area contributed by atoms with Crippen molar-refractivity contribution in [2.75, 3.05) is 13.1 Å². The molecule has 1 aromatic carbocycles. The maximum atomic E-state index is 5.74. The minimum atomic E-state index is 0.744. The fraction of sp³-hybridized carbons (Fsp3) is 0.600. The first-order valence-corrected chi connectivity index (χ1v) is 6.77. The number of nitrogens with two attached hydrogens (primary N) is 1. The molecule has 17 heavy (non-hydrogen) atoms. The fourth-order valence-corrected chi connectivity index (χ4v) is 2.88. The zero-order chi connectivity index (χ0) is 12.1. The number of benzene rings is 1. The third-order valence-corrected chi connectivity index (χ3v) is 3.83. The highest BCUT2D eigenvalue weighted by Gasteiger charge is 2.26. The molecule has 0 radical (unpaired) electrons. The Labute approximate surface area is 105 Å². The molecule has 2 nitrogen and oxygen atoms in total. The Balaban J connectivity index is 1.97. The molecule has 94 valence electrons. The van der Waals surface area contributed by atoms with Gasteiger partial charge in [0.1, 0.15) is 0 Å². The molecular weight excluding hydrogens is 208 g/mol. The van der Waals surface area contributed by atoms with E-state index >= 15 is 0 Å². The molecule has 0 heterocycles. The maximum Gasteiger partial charge on any atom is 0.0237 e. The first kappa shape index (κ1) is 12.6. The molecule has 1 fully saturated rings. The highest BCUT2D eigenvalue weighted by molar-refractivity contribution is 5.14. The molecule has 2 heteroatoms. The van der Waals surface area contributed by atoms with Gasteiger partial charge in [-0.05, 0) is 30.7 Å². The van der Waals surface area contributed by atoms with Crippen LogP contribution in [0.15, 0.2) is 30.3 Å². The Hall–Kier alpha value is -0.860. The van der Waals surface area contributed by atoms with Crippen LogP contribution in [-0.2, 0) is 6.54 Å². The van der Waals surface area contributed by atoms with Gasteiger partial charge in [0.25, 0.3) is 0 Å². The van der Waals surface area contributed by atoms with Crippen molar-refractivity contribution in [1.82, 2.24) is 4.90 Å². The van der Waals surface area contributed by atoms with Gasteiger partial charge < -0.3 is 5.73 Å². The minimum Gasteiger partial charge on any atom is -0.329 e. The van der Waals surface area contributed by atoms with E-state index in [1.807, 2.05) is 0 Å². The summed E-state index contributed by atoms with van der Waals surface area (Å²) in [6.45, 7) is 5.20. The zero-order valence-electron chi connectivity index (χ0n) is 10.8. The van der Waals surface area contributed by atoms with Crippen LogP contribution in [0, 0.1) is 5.92 Å². The molecule has 2 unspecified atom stereocenters. The summed E-state index contributed by atoms with van der Waals surface area (Å²) in [4.78, 5) is 2.57. The first-order valence-electron chi connectivity index (χ1n) is 6.77. The molecule has 0 amide bonds. The Morgan fingerprint density at radius 2 is 2.00 bits per heavy atom. The van der Waals surface area contributed by atoms with Gasteiger partial charge in [-0.1, -0.05) is 37.3 Å². The highest BCUT2D eigenvalue weighted by atomic mass is 15.2. The van der Waals surface area contributed by atoms with Gasteiger partial charge in [-0.25, -0.2) is 0 Å². The van der Waals surface area contributed by atoms with Crippen molar-refractivity contribution >= 4 is 0 Å². The van der Waals surface area contributed by atoms with Gasteiger partial charge in [0.2, 0.25) is 0 Å². The molecule has 1 aliphatic rings. The van der Waals surface area contributed by atoms with Crippen LogP contribution in [0.1, 0.15) is 31.7 Å². The summed E-state index contributed by atoms with van der Waals surface area (Å²) < 4.78 is 0. The molecule has 1 saturated carbocycles. The molecule has 2 N–H and O–H groups in total. The summed E-state index contributed by atoms with van der Waals surface area (Å²) in [6.07, 6.45) is 4.06. The average Bonchev–Trinajstić information content (AvgIpc) is 2.77. The summed E-state index contributed by atoms with van der Waals surface area (Å²) in [5.41, 5.74) is 7.15. The van der Waals surface area contributed by atoms with Crippen molar-refractivity contribution in [3.8, 4) is 0 Å². The zero-order valence-corrected chi connectivity index (χ0v) is 10.8. The van der Waals surface area contributed by atoms with Crippen LogP contribution in [0.3, 0.4) is 0 Å². The summed E-state index contributed by atoms with van der Waals surface area (Å²) in [5.74, 6) is 0.885. The third kappa shape index (κ3) is 3.55. The van der Waals surface area contributed by atoms with Crippen molar-refractivity contribution in [2.24, 2.45) is 11.7 Å². The topological polar surface area (TPSA) is 29.3 Å². The number of nitrogens with zero attached hydrogens (tertiary/aromatic N) is 1. The molecule has 0 aromatic heterocycles. The van der Waals surface area contributed by atoms with E-state index in [0.717, 1.165) is 31.6 Å². The lowest BCUT2D eigenvalue weighted by Gasteiger charge is -2.28. The summed E-state index contributed by atoms with van der Waals surface area (Å²) >= 11 is 0. The first-order chi connectivity index (χ1) is 8.29. The Bertz CT molecular complexity index is 323. The minimum absolute atomic E-state index is 0.744. The molecule has 0 aliphatic heterocycles. The second kappa shape index (κ2) is 6.18. The predicted molar refractivity (Wildman–Crippen MR) is 72.7 cm³/mol. The maximum absolute atomic E-state index is 5.74. The Kier molecular flexibility index (Phi) is 4.57. The van der Waals surface area contributed by atoms with Gasteiger partial charge in [0.05, 0.1) is 0 Å². The molecule has 1 aliphatic carbocycles. The molecule has 0 saturated heterocycles. The molecule has 1 aromatic rings. The number of hydrogen-bond acceptors (Lipinski definition) is 2. The van der Waals surface area contributed by atoms with Crippen LogP contribution in [0.5, 0.6) is 0 Å².